The zero-order valence-electron chi connectivity index (χ0n) is 7.83. The highest BCUT2D eigenvalue weighted by Crippen LogP contribution is 2.26. The number of rotatable bonds is 4. The monoisotopic (exact) mass is 219 g/mol. The molecule has 13 heavy (non-hydrogen) atoms. The first-order valence-electron chi connectivity index (χ1n) is 4.16. The van der Waals surface area contributed by atoms with Crippen LogP contribution in [-0.2, 0) is 0 Å². The fourth-order valence-electron chi connectivity index (χ4n) is 1.03. The number of hydrogen-bond donors (Lipinski definition) is 1. The van der Waals surface area contributed by atoms with E-state index in [4.69, 9.17) is 11.6 Å². The summed E-state index contributed by atoms with van der Waals surface area (Å²) in [5, 5.41) is 12.3. The topological polar surface area (TPSA) is 23.5 Å². The van der Waals surface area contributed by atoms with Crippen molar-refractivity contribution in [3.8, 4) is 0 Å². The Morgan fingerprint density at radius 3 is 2.77 bits per heavy atom. The summed E-state index contributed by atoms with van der Waals surface area (Å²) in [6.07, 6.45) is 0.379. The summed E-state index contributed by atoms with van der Waals surface area (Å²) in [7, 11) is 3.99. The lowest BCUT2D eigenvalue weighted by atomic mass is 10.2. The molecule has 0 saturated carbocycles. The molecule has 0 aromatic carbocycles. The Morgan fingerprint density at radius 2 is 2.31 bits per heavy atom. The maximum absolute atomic E-state index is 9.71. The molecular weight excluding hydrogens is 206 g/mol. The van der Waals surface area contributed by atoms with Gasteiger partial charge in [0.05, 0.1) is 11.1 Å². The van der Waals surface area contributed by atoms with Crippen LogP contribution >= 0.6 is 22.9 Å². The van der Waals surface area contributed by atoms with Gasteiger partial charge in [0.1, 0.15) is 0 Å². The average Bonchev–Trinajstić information content (AvgIpc) is 2.47. The van der Waals surface area contributed by atoms with E-state index in [1.54, 1.807) is 0 Å². The normalized spacial score (nSPS) is 13.6. The summed E-state index contributed by atoms with van der Waals surface area (Å²) in [5.74, 6) is 0. The number of hydrogen-bond acceptors (Lipinski definition) is 3. The third-order valence-electron chi connectivity index (χ3n) is 1.77. The molecule has 0 fully saturated rings. The highest BCUT2D eigenvalue weighted by Gasteiger charge is 2.09. The van der Waals surface area contributed by atoms with E-state index in [1.807, 2.05) is 25.5 Å². The molecular formula is C9H14ClNOS. The summed E-state index contributed by atoms with van der Waals surface area (Å²) in [6.45, 7) is 0.886. The van der Waals surface area contributed by atoms with E-state index in [-0.39, 0.29) is 6.10 Å². The Balaban J connectivity index is 2.44. The molecule has 1 heterocycles. The first kappa shape index (κ1) is 11.0. The van der Waals surface area contributed by atoms with Crippen molar-refractivity contribution in [2.24, 2.45) is 0 Å². The maximum atomic E-state index is 9.71. The lowest BCUT2D eigenvalue weighted by Crippen LogP contribution is -2.15. The second kappa shape index (κ2) is 4.96. The molecule has 0 saturated heterocycles. The predicted octanol–water partition coefficient (Wildman–Crippen LogP) is 2.39. The number of thiophene rings is 1. The number of aliphatic hydroxyl groups is 1. The fourth-order valence-corrected chi connectivity index (χ4v) is 2.13. The van der Waals surface area contributed by atoms with Gasteiger partial charge in [-0.3, -0.25) is 0 Å². The van der Waals surface area contributed by atoms with Crippen LogP contribution in [0.5, 0.6) is 0 Å². The third-order valence-corrected chi connectivity index (χ3v) is 3.15. The van der Waals surface area contributed by atoms with Crippen molar-refractivity contribution in [1.82, 2.24) is 4.90 Å². The van der Waals surface area contributed by atoms with Crippen LogP contribution in [0.25, 0.3) is 0 Å². The molecule has 0 aliphatic rings. The number of nitrogens with zero attached hydrogens (tertiary/aromatic N) is 1. The average molecular weight is 220 g/mol. The van der Waals surface area contributed by atoms with Crippen LogP contribution in [0.1, 0.15) is 17.4 Å². The van der Waals surface area contributed by atoms with Crippen LogP contribution in [0.15, 0.2) is 11.4 Å². The van der Waals surface area contributed by atoms with Crippen molar-refractivity contribution in [2.75, 3.05) is 20.6 Å². The minimum absolute atomic E-state index is 0.375. The quantitative estimate of drug-likeness (QED) is 0.841. The molecule has 0 aliphatic heterocycles. The van der Waals surface area contributed by atoms with E-state index in [0.29, 0.717) is 5.02 Å². The minimum atomic E-state index is -0.375. The highest BCUT2D eigenvalue weighted by atomic mass is 35.5. The van der Waals surface area contributed by atoms with Crippen molar-refractivity contribution in [3.05, 3.63) is 21.3 Å². The SMILES string of the molecule is CN(C)CCC(O)c1cc(Cl)cs1. The molecule has 1 atom stereocenters. The zero-order valence-corrected chi connectivity index (χ0v) is 9.40. The summed E-state index contributed by atoms with van der Waals surface area (Å²) in [6, 6.07) is 1.83. The first-order valence-corrected chi connectivity index (χ1v) is 5.42. The van der Waals surface area contributed by atoms with Gasteiger partial charge < -0.3 is 10.0 Å². The summed E-state index contributed by atoms with van der Waals surface area (Å²) in [5.41, 5.74) is 0. The van der Waals surface area contributed by atoms with E-state index in [1.165, 1.54) is 11.3 Å². The van der Waals surface area contributed by atoms with Crippen LogP contribution in [-0.4, -0.2) is 30.6 Å². The van der Waals surface area contributed by atoms with Gasteiger partial charge >= 0.3 is 0 Å². The predicted molar refractivity (Wildman–Crippen MR) is 57.5 cm³/mol. The molecule has 0 spiro atoms. The maximum Gasteiger partial charge on any atom is 0.0894 e. The fraction of sp³-hybridized carbons (Fsp3) is 0.556. The van der Waals surface area contributed by atoms with Crippen molar-refractivity contribution in [1.29, 1.82) is 0 Å². The van der Waals surface area contributed by atoms with Gasteiger partial charge in [0.15, 0.2) is 0 Å². The van der Waals surface area contributed by atoms with Gasteiger partial charge in [-0.05, 0) is 26.6 Å². The van der Waals surface area contributed by atoms with E-state index in [9.17, 15) is 5.11 Å². The smallest absolute Gasteiger partial charge is 0.0894 e. The summed E-state index contributed by atoms with van der Waals surface area (Å²) in [4.78, 5) is 3.00. The standard InChI is InChI=1S/C9H14ClNOS/c1-11(2)4-3-8(12)9-5-7(10)6-13-9/h5-6,8,12H,3-4H2,1-2H3. The Kier molecular flexibility index (Phi) is 4.19. The molecule has 0 amide bonds. The van der Waals surface area contributed by atoms with Crippen LogP contribution in [0.4, 0.5) is 0 Å². The minimum Gasteiger partial charge on any atom is -0.388 e. The van der Waals surface area contributed by atoms with Gasteiger partial charge in [0, 0.05) is 16.8 Å². The van der Waals surface area contributed by atoms with Crippen LogP contribution in [0, 0.1) is 0 Å². The highest BCUT2D eigenvalue weighted by molar-refractivity contribution is 7.10. The lowest BCUT2D eigenvalue weighted by molar-refractivity contribution is 0.158. The van der Waals surface area contributed by atoms with Crippen LogP contribution in [0.3, 0.4) is 0 Å². The van der Waals surface area contributed by atoms with Gasteiger partial charge in [-0.2, -0.15) is 0 Å². The third kappa shape index (κ3) is 3.65. The molecule has 1 N–H and O–H groups in total. The first-order chi connectivity index (χ1) is 6.09. The van der Waals surface area contributed by atoms with Gasteiger partial charge in [-0.25, -0.2) is 0 Å². The molecule has 0 aliphatic carbocycles. The molecule has 1 unspecified atom stereocenters. The Morgan fingerprint density at radius 1 is 1.62 bits per heavy atom. The second-order valence-electron chi connectivity index (χ2n) is 3.28. The summed E-state index contributed by atoms with van der Waals surface area (Å²) < 4.78 is 0. The van der Waals surface area contributed by atoms with Crippen molar-refractivity contribution in [3.63, 3.8) is 0 Å². The van der Waals surface area contributed by atoms with E-state index >= 15 is 0 Å². The number of aliphatic hydroxyl groups excluding tert-OH is 1. The Labute approximate surface area is 87.8 Å². The van der Waals surface area contributed by atoms with Gasteiger partial charge in [0.25, 0.3) is 0 Å². The molecule has 1 aromatic rings. The Bertz CT molecular complexity index is 262. The zero-order chi connectivity index (χ0) is 9.84. The van der Waals surface area contributed by atoms with Gasteiger partial charge in [0.2, 0.25) is 0 Å². The molecule has 74 valence electrons. The largest absolute Gasteiger partial charge is 0.388 e. The second-order valence-corrected chi connectivity index (χ2v) is 4.65. The molecule has 4 heteroatoms. The van der Waals surface area contributed by atoms with Crippen LogP contribution in [0.2, 0.25) is 5.02 Å². The van der Waals surface area contributed by atoms with Crippen molar-refractivity contribution >= 4 is 22.9 Å². The van der Waals surface area contributed by atoms with Gasteiger partial charge in [-0.15, -0.1) is 11.3 Å². The number of halogens is 1. The molecule has 1 rings (SSSR count). The van der Waals surface area contributed by atoms with E-state index in [0.717, 1.165) is 17.8 Å². The van der Waals surface area contributed by atoms with E-state index < -0.39 is 0 Å². The van der Waals surface area contributed by atoms with Crippen molar-refractivity contribution < 1.29 is 5.11 Å². The van der Waals surface area contributed by atoms with Gasteiger partial charge in [-0.1, -0.05) is 11.6 Å². The van der Waals surface area contributed by atoms with Crippen molar-refractivity contribution in [2.45, 2.75) is 12.5 Å². The molecule has 1 aromatic heterocycles. The molecule has 0 radical (unpaired) electrons. The molecule has 0 bridgehead atoms. The Hall–Kier alpha value is -0.0900. The van der Waals surface area contributed by atoms with Crippen LogP contribution < -0.4 is 0 Å². The lowest BCUT2D eigenvalue weighted by Gasteiger charge is -2.12. The summed E-state index contributed by atoms with van der Waals surface area (Å²) >= 11 is 7.26. The molecule has 2 nitrogen and oxygen atoms in total. The van der Waals surface area contributed by atoms with E-state index in [2.05, 4.69) is 4.90 Å².